The van der Waals surface area contributed by atoms with Crippen LogP contribution in [0.5, 0.6) is 0 Å². The van der Waals surface area contributed by atoms with Gasteiger partial charge in [-0.25, -0.2) is 4.39 Å². The first kappa shape index (κ1) is 16.3. The molecule has 2 aromatic carbocycles. The summed E-state index contributed by atoms with van der Waals surface area (Å²) in [6.07, 6.45) is 0. The van der Waals surface area contributed by atoms with Gasteiger partial charge in [0.15, 0.2) is 0 Å². The highest BCUT2D eigenvalue weighted by molar-refractivity contribution is 9.10. The predicted octanol–water partition coefficient (Wildman–Crippen LogP) is 4.97. The van der Waals surface area contributed by atoms with Gasteiger partial charge in [0.05, 0.1) is 6.04 Å². The zero-order chi connectivity index (χ0) is 15.6. The zero-order valence-corrected chi connectivity index (χ0v) is 14.2. The van der Waals surface area contributed by atoms with E-state index in [1.165, 1.54) is 12.1 Å². The summed E-state index contributed by atoms with van der Waals surface area (Å²) in [5, 5.41) is 3.71. The summed E-state index contributed by atoms with van der Waals surface area (Å²) in [5.74, 6) is -0.360. The molecule has 5 heteroatoms. The second-order valence-corrected chi connectivity index (χ2v) is 6.29. The molecule has 0 radical (unpaired) electrons. The Morgan fingerprint density at radius 3 is 2.33 bits per heavy atom. The molecule has 112 valence electrons. The van der Waals surface area contributed by atoms with E-state index in [0.29, 0.717) is 11.6 Å². The number of benzene rings is 2. The average molecular weight is 372 g/mol. The van der Waals surface area contributed by atoms with E-state index in [1.54, 1.807) is 6.07 Å². The normalized spacial score (nSPS) is 12.3. The summed E-state index contributed by atoms with van der Waals surface area (Å²) in [5.41, 5.74) is 9.77. The molecule has 0 aromatic heterocycles. The standard InChI is InChI=1S/C16H17BrClFN2/c1-9-3-14(4-10(2)16(9)17)21-15(8-20)11-5-12(18)7-13(19)6-11/h3-7,15,21H,8,20H2,1-2H3. The van der Waals surface area contributed by atoms with E-state index in [1.807, 2.05) is 26.0 Å². The van der Waals surface area contributed by atoms with Gasteiger partial charge in [0.2, 0.25) is 0 Å². The Morgan fingerprint density at radius 1 is 1.19 bits per heavy atom. The van der Waals surface area contributed by atoms with Crippen LogP contribution in [0.1, 0.15) is 22.7 Å². The molecule has 0 amide bonds. The van der Waals surface area contributed by atoms with Crippen LogP contribution in [0.15, 0.2) is 34.8 Å². The van der Waals surface area contributed by atoms with E-state index in [4.69, 9.17) is 17.3 Å². The molecule has 0 aliphatic carbocycles. The SMILES string of the molecule is Cc1cc(NC(CN)c2cc(F)cc(Cl)c2)cc(C)c1Br. The second kappa shape index (κ2) is 6.77. The van der Waals surface area contributed by atoms with Crippen LogP contribution in [0, 0.1) is 19.7 Å². The number of nitrogens with one attached hydrogen (secondary N) is 1. The summed E-state index contributed by atoms with van der Waals surface area (Å²) in [6.45, 7) is 4.39. The maximum absolute atomic E-state index is 13.5. The molecule has 0 spiro atoms. The highest BCUT2D eigenvalue weighted by Gasteiger charge is 2.13. The number of halogens is 3. The van der Waals surface area contributed by atoms with Gasteiger partial charge in [-0.3, -0.25) is 0 Å². The molecule has 2 aromatic rings. The molecule has 2 nitrogen and oxygen atoms in total. The molecule has 3 N–H and O–H groups in total. The molecule has 2 rings (SSSR count). The molecule has 0 heterocycles. The lowest BCUT2D eigenvalue weighted by Crippen LogP contribution is -2.21. The summed E-state index contributed by atoms with van der Waals surface area (Å²) < 4.78 is 14.6. The van der Waals surface area contributed by atoms with Crippen molar-refractivity contribution in [3.63, 3.8) is 0 Å². The Bertz CT molecular complexity index is 617. The molecule has 1 atom stereocenters. The molecular formula is C16H17BrClFN2. The molecular weight excluding hydrogens is 355 g/mol. The lowest BCUT2D eigenvalue weighted by atomic mass is 10.1. The van der Waals surface area contributed by atoms with Gasteiger partial charge in [0.1, 0.15) is 5.82 Å². The van der Waals surface area contributed by atoms with E-state index in [2.05, 4.69) is 21.2 Å². The fourth-order valence-electron chi connectivity index (χ4n) is 2.29. The maximum atomic E-state index is 13.5. The number of nitrogens with two attached hydrogens (primary N) is 1. The smallest absolute Gasteiger partial charge is 0.125 e. The minimum atomic E-state index is -0.360. The van der Waals surface area contributed by atoms with Crippen molar-refractivity contribution in [1.29, 1.82) is 0 Å². The van der Waals surface area contributed by atoms with Crippen LogP contribution in [0.4, 0.5) is 10.1 Å². The fraction of sp³-hybridized carbons (Fsp3) is 0.250. The quantitative estimate of drug-likeness (QED) is 0.796. The number of anilines is 1. The van der Waals surface area contributed by atoms with Crippen molar-refractivity contribution in [3.05, 3.63) is 62.3 Å². The fourth-order valence-corrected chi connectivity index (χ4v) is 2.74. The van der Waals surface area contributed by atoms with Gasteiger partial charge in [-0.1, -0.05) is 27.5 Å². The summed E-state index contributed by atoms with van der Waals surface area (Å²) >= 11 is 9.45. The Morgan fingerprint density at radius 2 is 1.81 bits per heavy atom. The molecule has 0 saturated heterocycles. The largest absolute Gasteiger partial charge is 0.377 e. The number of aryl methyl sites for hydroxylation is 2. The van der Waals surface area contributed by atoms with Crippen molar-refractivity contribution in [2.45, 2.75) is 19.9 Å². The van der Waals surface area contributed by atoms with E-state index in [9.17, 15) is 4.39 Å². The van der Waals surface area contributed by atoms with E-state index < -0.39 is 0 Å². The summed E-state index contributed by atoms with van der Waals surface area (Å²) in [7, 11) is 0. The van der Waals surface area contributed by atoms with Gasteiger partial charge in [0, 0.05) is 21.7 Å². The molecule has 0 aliphatic heterocycles. The van der Waals surface area contributed by atoms with Crippen LogP contribution in [-0.2, 0) is 0 Å². The van der Waals surface area contributed by atoms with Crippen LogP contribution < -0.4 is 11.1 Å². The molecule has 0 aliphatic rings. The molecule has 21 heavy (non-hydrogen) atoms. The third kappa shape index (κ3) is 3.96. The molecule has 0 bridgehead atoms. The lowest BCUT2D eigenvalue weighted by Gasteiger charge is -2.20. The molecule has 1 unspecified atom stereocenters. The van der Waals surface area contributed by atoms with Crippen molar-refractivity contribution in [2.24, 2.45) is 5.73 Å². The van der Waals surface area contributed by atoms with Crippen molar-refractivity contribution < 1.29 is 4.39 Å². The number of hydrogen-bond acceptors (Lipinski definition) is 2. The molecule has 0 saturated carbocycles. The number of rotatable bonds is 4. The van der Waals surface area contributed by atoms with Crippen LogP contribution in [0.25, 0.3) is 0 Å². The minimum Gasteiger partial charge on any atom is -0.377 e. The zero-order valence-electron chi connectivity index (χ0n) is 11.9. The van der Waals surface area contributed by atoms with Gasteiger partial charge in [-0.15, -0.1) is 0 Å². The highest BCUT2D eigenvalue weighted by atomic mass is 79.9. The van der Waals surface area contributed by atoms with Gasteiger partial charge in [-0.2, -0.15) is 0 Å². The number of hydrogen-bond donors (Lipinski definition) is 2. The van der Waals surface area contributed by atoms with Gasteiger partial charge in [0.25, 0.3) is 0 Å². The Hall–Kier alpha value is -1.10. The topological polar surface area (TPSA) is 38.0 Å². The monoisotopic (exact) mass is 370 g/mol. The first-order valence-electron chi connectivity index (χ1n) is 6.60. The Balaban J connectivity index is 2.31. The van der Waals surface area contributed by atoms with Crippen molar-refractivity contribution in [3.8, 4) is 0 Å². The van der Waals surface area contributed by atoms with Crippen LogP contribution in [-0.4, -0.2) is 6.54 Å². The predicted molar refractivity (Wildman–Crippen MR) is 90.4 cm³/mol. The van der Waals surface area contributed by atoms with Crippen molar-refractivity contribution in [2.75, 3.05) is 11.9 Å². The van der Waals surface area contributed by atoms with E-state index in [-0.39, 0.29) is 11.9 Å². The van der Waals surface area contributed by atoms with Crippen LogP contribution in [0.2, 0.25) is 5.02 Å². The van der Waals surface area contributed by atoms with Gasteiger partial charge >= 0.3 is 0 Å². The Kier molecular flexibility index (Phi) is 5.25. The maximum Gasteiger partial charge on any atom is 0.125 e. The van der Waals surface area contributed by atoms with Crippen LogP contribution >= 0.6 is 27.5 Å². The molecule has 0 fully saturated rings. The van der Waals surface area contributed by atoms with Gasteiger partial charge < -0.3 is 11.1 Å². The van der Waals surface area contributed by atoms with Crippen molar-refractivity contribution >= 4 is 33.2 Å². The Labute approximate surface area is 137 Å². The average Bonchev–Trinajstić information content (AvgIpc) is 2.40. The van der Waals surface area contributed by atoms with E-state index in [0.717, 1.165) is 26.9 Å². The first-order valence-corrected chi connectivity index (χ1v) is 7.77. The highest BCUT2D eigenvalue weighted by Crippen LogP contribution is 2.28. The summed E-state index contributed by atoms with van der Waals surface area (Å²) in [4.78, 5) is 0. The second-order valence-electron chi connectivity index (χ2n) is 5.06. The third-order valence-corrected chi connectivity index (χ3v) is 4.77. The van der Waals surface area contributed by atoms with Crippen LogP contribution in [0.3, 0.4) is 0 Å². The first-order chi connectivity index (χ1) is 9.90. The van der Waals surface area contributed by atoms with Gasteiger partial charge in [-0.05, 0) is 60.9 Å². The lowest BCUT2D eigenvalue weighted by molar-refractivity contribution is 0.622. The summed E-state index contributed by atoms with van der Waals surface area (Å²) in [6, 6.07) is 8.33. The van der Waals surface area contributed by atoms with Crippen molar-refractivity contribution in [1.82, 2.24) is 0 Å². The minimum absolute atomic E-state index is 0.196. The third-order valence-electron chi connectivity index (χ3n) is 3.30. The van der Waals surface area contributed by atoms with E-state index >= 15 is 0 Å².